The highest BCUT2D eigenvalue weighted by Gasteiger charge is 2.38. The number of nitrogens with zero attached hydrogens (tertiary/aromatic N) is 2. The number of carbonyl (C=O) groups excluding carboxylic acids is 2. The van der Waals surface area contributed by atoms with E-state index in [1.54, 1.807) is 31.3 Å². The first-order valence-electron chi connectivity index (χ1n) is 16.9. The van der Waals surface area contributed by atoms with Crippen LogP contribution >= 0.6 is 0 Å². The summed E-state index contributed by atoms with van der Waals surface area (Å²) in [4.78, 5) is 30.4. The van der Waals surface area contributed by atoms with E-state index in [1.165, 1.54) is 0 Å². The van der Waals surface area contributed by atoms with Crippen molar-refractivity contribution >= 4 is 34.4 Å². The molecule has 49 heavy (non-hydrogen) atoms. The van der Waals surface area contributed by atoms with E-state index in [-0.39, 0.29) is 23.9 Å². The highest BCUT2D eigenvalue weighted by molar-refractivity contribution is 6.03. The Balaban J connectivity index is 0.920. The summed E-state index contributed by atoms with van der Waals surface area (Å²) < 4.78 is 23.4. The van der Waals surface area contributed by atoms with Gasteiger partial charge in [-0.15, -0.1) is 0 Å². The Bertz CT molecular complexity index is 1760. The van der Waals surface area contributed by atoms with Gasteiger partial charge in [-0.1, -0.05) is 12.1 Å². The van der Waals surface area contributed by atoms with E-state index in [1.807, 2.05) is 47.5 Å². The van der Waals surface area contributed by atoms with Crippen molar-refractivity contribution in [1.29, 1.82) is 0 Å². The molecule has 0 aliphatic carbocycles. The van der Waals surface area contributed by atoms with Gasteiger partial charge in [0.2, 0.25) is 0 Å². The normalized spacial score (nSPS) is 20.9. The number of anilines is 3. The molecule has 0 radical (unpaired) electrons. The molecule has 0 saturated carbocycles. The van der Waals surface area contributed by atoms with Crippen LogP contribution < -0.4 is 35.3 Å². The minimum Gasteiger partial charge on any atom is -0.493 e. The Kier molecular flexibility index (Phi) is 9.13. The summed E-state index contributed by atoms with van der Waals surface area (Å²) in [5.74, 6) is 1.99. The van der Waals surface area contributed by atoms with E-state index in [4.69, 9.17) is 24.7 Å². The van der Waals surface area contributed by atoms with Crippen molar-refractivity contribution in [2.24, 2.45) is 0 Å². The fourth-order valence-electron chi connectivity index (χ4n) is 7.10. The molecule has 5 N–H and O–H groups in total. The van der Waals surface area contributed by atoms with Gasteiger partial charge >= 0.3 is 0 Å². The molecule has 1 saturated heterocycles. The molecule has 258 valence electrons. The molecule has 0 unspecified atom stereocenters. The number of carbonyl (C=O) groups is 2. The highest BCUT2D eigenvalue weighted by atomic mass is 16.5. The van der Waals surface area contributed by atoms with Gasteiger partial charge in [0.1, 0.15) is 0 Å². The predicted octanol–water partition coefficient (Wildman–Crippen LogP) is 4.60. The molecule has 3 aromatic carbocycles. The first-order chi connectivity index (χ1) is 23.8. The summed E-state index contributed by atoms with van der Waals surface area (Å²) in [6, 6.07) is 14.9. The Morgan fingerprint density at radius 1 is 0.796 bits per heavy atom. The van der Waals surface area contributed by atoms with Crippen LogP contribution in [0.2, 0.25) is 0 Å². The first-order valence-corrected chi connectivity index (χ1v) is 16.9. The number of unbranched alkanes of at least 4 members (excludes halogenated alkanes) is 2. The molecule has 4 aliphatic rings. The minimum atomic E-state index is -0.494. The number of ether oxygens (including phenoxy) is 4. The summed E-state index contributed by atoms with van der Waals surface area (Å²) in [5, 5.41) is 16.9. The largest absolute Gasteiger partial charge is 0.493 e. The lowest BCUT2D eigenvalue weighted by Crippen LogP contribution is -2.37. The number of aliphatic hydroxyl groups is 1. The van der Waals surface area contributed by atoms with Crippen LogP contribution in [0.4, 0.5) is 17.1 Å². The summed E-state index contributed by atoms with van der Waals surface area (Å²) >= 11 is 0. The Labute approximate surface area is 285 Å². The molecule has 1 fully saturated rings. The number of nitrogen functional groups attached to an aromatic ring is 1. The van der Waals surface area contributed by atoms with Crippen LogP contribution in [0, 0.1) is 0 Å². The molecular formula is C37H43N5O7. The molecule has 12 heteroatoms. The van der Waals surface area contributed by atoms with Gasteiger partial charge in [-0.05, 0) is 67.5 Å². The molecule has 0 spiro atoms. The number of nitrogens with one attached hydrogen (secondary N) is 2. The van der Waals surface area contributed by atoms with E-state index < -0.39 is 6.10 Å². The maximum atomic E-state index is 13.7. The average molecular weight is 670 g/mol. The second-order valence-corrected chi connectivity index (χ2v) is 13.0. The van der Waals surface area contributed by atoms with Crippen LogP contribution in [0.3, 0.4) is 0 Å². The van der Waals surface area contributed by atoms with Crippen molar-refractivity contribution in [1.82, 2.24) is 9.80 Å². The van der Waals surface area contributed by atoms with Crippen molar-refractivity contribution in [3.63, 3.8) is 0 Å². The zero-order chi connectivity index (χ0) is 34.1. The first kappa shape index (κ1) is 32.4. The second kappa shape index (κ2) is 13.8. The van der Waals surface area contributed by atoms with Crippen LogP contribution in [0.1, 0.15) is 58.4 Å². The molecular weight excluding hydrogens is 626 g/mol. The van der Waals surface area contributed by atoms with E-state index in [0.29, 0.717) is 84.8 Å². The monoisotopic (exact) mass is 669 g/mol. The van der Waals surface area contributed by atoms with Gasteiger partial charge in [0.25, 0.3) is 11.8 Å². The number of fused-ring (bicyclic) bond motifs is 4. The van der Waals surface area contributed by atoms with E-state index in [9.17, 15) is 14.7 Å². The quantitative estimate of drug-likeness (QED) is 0.169. The minimum absolute atomic E-state index is 0.00209. The summed E-state index contributed by atoms with van der Waals surface area (Å²) in [6.45, 7) is 2.49. The fraction of sp³-hybridized carbons (Fsp3) is 0.405. The third kappa shape index (κ3) is 6.52. The van der Waals surface area contributed by atoms with E-state index >= 15 is 0 Å². The van der Waals surface area contributed by atoms with Crippen molar-refractivity contribution < 1.29 is 33.6 Å². The molecule has 7 rings (SSSR count). The average Bonchev–Trinajstić information content (AvgIpc) is 3.65. The number of amides is 2. The second-order valence-electron chi connectivity index (χ2n) is 13.0. The predicted molar refractivity (Wildman–Crippen MR) is 187 cm³/mol. The van der Waals surface area contributed by atoms with Crippen molar-refractivity contribution in [2.45, 2.75) is 50.3 Å². The number of methoxy groups -OCH3 is 2. The highest BCUT2D eigenvalue weighted by Crippen LogP contribution is 2.40. The molecule has 3 atom stereocenters. The van der Waals surface area contributed by atoms with Crippen LogP contribution in [-0.2, 0) is 0 Å². The lowest BCUT2D eigenvalue weighted by molar-refractivity contribution is 0.0728. The van der Waals surface area contributed by atoms with Crippen molar-refractivity contribution in [3.8, 4) is 23.0 Å². The number of benzene rings is 3. The number of nitrogens with two attached hydrogens (primary N) is 1. The van der Waals surface area contributed by atoms with Gasteiger partial charge in [0, 0.05) is 43.7 Å². The molecule has 12 nitrogen and oxygen atoms in total. The van der Waals surface area contributed by atoms with E-state index in [0.717, 1.165) is 42.5 Å². The maximum Gasteiger partial charge on any atom is 0.260 e. The maximum absolute atomic E-state index is 13.7. The zero-order valence-corrected chi connectivity index (χ0v) is 27.9. The molecule has 0 aromatic heterocycles. The Morgan fingerprint density at radius 3 is 2.00 bits per heavy atom. The fourth-order valence-corrected chi connectivity index (χ4v) is 7.10. The summed E-state index contributed by atoms with van der Waals surface area (Å²) in [6.07, 6.45) is 5.23. The lowest BCUT2D eigenvalue weighted by atomic mass is 10.0. The van der Waals surface area contributed by atoms with Gasteiger partial charge in [0.05, 0.1) is 68.1 Å². The van der Waals surface area contributed by atoms with Gasteiger partial charge in [-0.3, -0.25) is 9.59 Å². The number of hydrogen-bond donors (Lipinski definition) is 4. The van der Waals surface area contributed by atoms with Gasteiger partial charge in [-0.2, -0.15) is 0 Å². The lowest BCUT2D eigenvalue weighted by Gasteiger charge is -2.21. The van der Waals surface area contributed by atoms with Crippen LogP contribution in [0.5, 0.6) is 23.0 Å². The summed E-state index contributed by atoms with van der Waals surface area (Å²) in [7, 11) is 3.14. The zero-order valence-electron chi connectivity index (χ0n) is 27.9. The van der Waals surface area contributed by atoms with Gasteiger partial charge < -0.3 is 50.2 Å². The molecule has 0 bridgehead atoms. The SMILES string of the molecule is COc1cc2c(cc1OCCCCCOc1cc3c(cc1OC)C(=O)N1C[C@H](O)C[C@H]1CN3)NC[C@@H]1CC(c3ccc(N)cc3)=CN1C2=O. The number of hydrogen-bond acceptors (Lipinski definition) is 10. The van der Waals surface area contributed by atoms with Crippen LogP contribution in [0.15, 0.2) is 54.7 Å². The molecule has 2 amide bonds. The Hall–Kier alpha value is -5.10. The van der Waals surface area contributed by atoms with Crippen molar-refractivity contribution in [2.75, 3.05) is 63.4 Å². The van der Waals surface area contributed by atoms with Crippen LogP contribution in [0.25, 0.3) is 5.57 Å². The van der Waals surface area contributed by atoms with Crippen molar-refractivity contribution in [3.05, 3.63) is 71.4 Å². The third-order valence-electron chi connectivity index (χ3n) is 9.74. The molecule has 4 aliphatic heterocycles. The van der Waals surface area contributed by atoms with Gasteiger partial charge in [-0.25, -0.2) is 0 Å². The van der Waals surface area contributed by atoms with Crippen LogP contribution in [-0.4, -0.2) is 92.0 Å². The molecule has 3 aromatic rings. The standard InChI is InChI=1S/C37H43N5O7/c1-46-32-14-28-30(39-18-25-12-23(20-41(25)36(28)44)22-6-8-24(38)9-7-22)16-34(32)48-10-4-3-5-11-49-35-17-31-29(15-33(35)47-2)37(45)42-21-27(43)13-26(42)19-40-31/h6-9,14-17,20,25-27,39-40,43H,3-5,10-13,18-19,21,38H2,1-2H3/t25-,26-,27+/m0/s1. The summed E-state index contributed by atoms with van der Waals surface area (Å²) in [5.41, 5.74) is 11.3. The third-order valence-corrected chi connectivity index (χ3v) is 9.74. The van der Waals surface area contributed by atoms with E-state index in [2.05, 4.69) is 10.6 Å². The number of aliphatic hydroxyl groups excluding tert-OH is 1. The Morgan fingerprint density at radius 2 is 1.39 bits per heavy atom. The molecule has 4 heterocycles. The van der Waals surface area contributed by atoms with Gasteiger partial charge in [0.15, 0.2) is 23.0 Å². The topological polar surface area (TPSA) is 148 Å². The smallest absolute Gasteiger partial charge is 0.260 e. The number of rotatable bonds is 11.